The number of anilines is 2. The number of hydrogen-bond donors (Lipinski definition) is 4. The molecule has 2 aromatic carbocycles. The summed E-state index contributed by atoms with van der Waals surface area (Å²) in [7, 11) is 0. The predicted molar refractivity (Wildman–Crippen MR) is 183 cm³/mol. The third kappa shape index (κ3) is 6.40. The van der Waals surface area contributed by atoms with Gasteiger partial charge in [0.15, 0.2) is 5.69 Å². The van der Waals surface area contributed by atoms with Crippen molar-refractivity contribution in [2.45, 2.75) is 90.3 Å². The summed E-state index contributed by atoms with van der Waals surface area (Å²) in [5.41, 5.74) is 3.46. The number of aryl methyl sites for hydroxylation is 2. The van der Waals surface area contributed by atoms with Crippen LogP contribution in [-0.4, -0.2) is 63.1 Å². The van der Waals surface area contributed by atoms with Gasteiger partial charge in [0.25, 0.3) is 11.8 Å². The van der Waals surface area contributed by atoms with Crippen LogP contribution in [0.15, 0.2) is 47.1 Å². The Labute approximate surface area is 286 Å². The molecule has 3 aliphatic carbocycles. The SMILES string of the molecule is CCc1ccccc1NC(=O)C1(N2C[C@@H](C(C)C)NC2=O)Cc2ccc(NC(=O)[C@@H](NC(=O)c3nonc3C)C(C3CC3)C3CC3)cc2C1. The Morgan fingerprint density at radius 2 is 1.71 bits per heavy atom. The van der Waals surface area contributed by atoms with Gasteiger partial charge < -0.3 is 26.2 Å². The van der Waals surface area contributed by atoms with Gasteiger partial charge in [-0.2, -0.15) is 0 Å². The van der Waals surface area contributed by atoms with Crippen LogP contribution in [0.4, 0.5) is 16.2 Å². The predicted octanol–water partition coefficient (Wildman–Crippen LogP) is 4.64. The summed E-state index contributed by atoms with van der Waals surface area (Å²) in [6.45, 7) is 8.23. The lowest BCUT2D eigenvalue weighted by atomic mass is 9.88. The molecular weight excluding hydrogens is 622 g/mol. The standard InChI is InChI=1S/C37H45N7O5/c1-5-22-8-6-7-9-28(22)39-35(47)37(44-19-29(20(2)3)40-36(44)48)17-25-14-15-27(16-26(25)18-37)38-34(46)32(30(23-10-11-23)24-12-13-24)41-33(45)31-21(4)42-49-43-31/h6-9,14-16,20,23-24,29-30,32H,5,10-13,17-19H2,1-4H3,(H,38,46)(H,39,47)(H,40,48)(H,41,45)/t29-,32-,37?/m0/s1. The van der Waals surface area contributed by atoms with E-state index in [1.54, 1.807) is 11.8 Å². The third-order valence-electron chi connectivity index (χ3n) is 10.9. The van der Waals surface area contributed by atoms with Crippen molar-refractivity contribution in [3.63, 3.8) is 0 Å². The number of carbonyl (C=O) groups excluding carboxylic acids is 4. The zero-order valence-electron chi connectivity index (χ0n) is 28.5. The normalized spacial score (nSPS) is 22.2. The van der Waals surface area contributed by atoms with Crippen molar-refractivity contribution in [3.05, 3.63) is 70.5 Å². The van der Waals surface area contributed by atoms with E-state index in [1.165, 1.54) is 0 Å². The van der Waals surface area contributed by atoms with Gasteiger partial charge in [0.2, 0.25) is 5.91 Å². The second kappa shape index (κ2) is 12.9. The maximum Gasteiger partial charge on any atom is 0.318 e. The summed E-state index contributed by atoms with van der Waals surface area (Å²) in [6.07, 6.45) is 5.57. The van der Waals surface area contributed by atoms with Gasteiger partial charge in [-0.1, -0.05) is 50.2 Å². The van der Waals surface area contributed by atoms with E-state index in [0.29, 0.717) is 42.6 Å². The van der Waals surface area contributed by atoms with Gasteiger partial charge in [-0.05, 0) is 103 Å². The Kier molecular flexibility index (Phi) is 8.66. The molecule has 2 saturated carbocycles. The number of benzene rings is 2. The molecule has 258 valence electrons. The summed E-state index contributed by atoms with van der Waals surface area (Å²) in [6, 6.07) is 12.3. The zero-order valence-corrected chi connectivity index (χ0v) is 28.5. The van der Waals surface area contributed by atoms with Crippen LogP contribution in [0.5, 0.6) is 0 Å². The Bertz CT molecular complexity index is 1770. The van der Waals surface area contributed by atoms with Crippen LogP contribution in [0.3, 0.4) is 0 Å². The molecule has 3 atom stereocenters. The Hall–Kier alpha value is -4.74. The number of para-hydroxylation sites is 1. The van der Waals surface area contributed by atoms with E-state index in [-0.39, 0.29) is 41.4 Å². The van der Waals surface area contributed by atoms with Crippen molar-refractivity contribution >= 4 is 35.1 Å². The van der Waals surface area contributed by atoms with E-state index < -0.39 is 17.5 Å². The van der Waals surface area contributed by atoms with Crippen molar-refractivity contribution in [2.24, 2.45) is 23.7 Å². The number of urea groups is 1. The number of amides is 5. The molecule has 0 radical (unpaired) electrons. The molecule has 0 bridgehead atoms. The number of aromatic nitrogens is 2. The quantitative estimate of drug-likeness (QED) is 0.219. The number of rotatable bonds is 12. The van der Waals surface area contributed by atoms with Gasteiger partial charge in [-0.25, -0.2) is 9.42 Å². The molecule has 5 amide bonds. The lowest BCUT2D eigenvalue weighted by Crippen LogP contribution is -2.59. The minimum atomic E-state index is -1.15. The van der Waals surface area contributed by atoms with Crippen LogP contribution >= 0.6 is 0 Å². The number of hydrogen-bond acceptors (Lipinski definition) is 7. The fourth-order valence-electron chi connectivity index (χ4n) is 7.80. The highest BCUT2D eigenvalue weighted by molar-refractivity contribution is 6.03. The smallest absolute Gasteiger partial charge is 0.318 e. The monoisotopic (exact) mass is 667 g/mol. The fourth-order valence-corrected chi connectivity index (χ4v) is 7.80. The van der Waals surface area contributed by atoms with Crippen LogP contribution in [0.2, 0.25) is 0 Å². The summed E-state index contributed by atoms with van der Waals surface area (Å²) in [5, 5.41) is 19.8. The number of carbonyl (C=O) groups is 4. The molecule has 1 aliphatic heterocycles. The lowest BCUT2D eigenvalue weighted by molar-refractivity contribution is -0.125. The van der Waals surface area contributed by atoms with Crippen molar-refractivity contribution in [3.8, 4) is 0 Å². The second-order valence-electron chi connectivity index (χ2n) is 14.6. The van der Waals surface area contributed by atoms with E-state index in [2.05, 4.69) is 45.4 Å². The molecule has 12 heteroatoms. The molecule has 3 fully saturated rings. The van der Waals surface area contributed by atoms with Crippen LogP contribution < -0.4 is 21.3 Å². The minimum Gasteiger partial charge on any atom is -0.338 e. The van der Waals surface area contributed by atoms with Crippen molar-refractivity contribution in [2.75, 3.05) is 17.2 Å². The average molecular weight is 668 g/mol. The van der Waals surface area contributed by atoms with E-state index in [0.717, 1.165) is 54.5 Å². The molecular formula is C37H45N7O5. The first-order chi connectivity index (χ1) is 23.6. The Balaban J connectivity index is 1.15. The molecule has 4 aliphatic rings. The molecule has 1 aromatic heterocycles. The maximum atomic E-state index is 14.4. The minimum absolute atomic E-state index is 0.0310. The topological polar surface area (TPSA) is 159 Å². The lowest BCUT2D eigenvalue weighted by Gasteiger charge is -2.37. The van der Waals surface area contributed by atoms with E-state index in [1.807, 2.05) is 49.4 Å². The largest absolute Gasteiger partial charge is 0.338 e. The van der Waals surface area contributed by atoms with Crippen molar-refractivity contribution in [1.82, 2.24) is 25.8 Å². The van der Waals surface area contributed by atoms with Gasteiger partial charge in [-0.15, -0.1) is 0 Å². The molecule has 3 aromatic rings. The molecule has 12 nitrogen and oxygen atoms in total. The van der Waals surface area contributed by atoms with Crippen LogP contribution in [0.25, 0.3) is 0 Å². The third-order valence-corrected chi connectivity index (χ3v) is 10.9. The van der Waals surface area contributed by atoms with E-state index >= 15 is 0 Å². The molecule has 0 spiro atoms. The van der Waals surface area contributed by atoms with Crippen molar-refractivity contribution in [1.29, 1.82) is 0 Å². The highest BCUT2D eigenvalue weighted by Crippen LogP contribution is 2.51. The zero-order chi connectivity index (χ0) is 34.4. The highest BCUT2D eigenvalue weighted by Gasteiger charge is 2.54. The molecule has 4 N–H and O–H groups in total. The van der Waals surface area contributed by atoms with Crippen molar-refractivity contribution < 1.29 is 23.8 Å². The van der Waals surface area contributed by atoms with Gasteiger partial charge >= 0.3 is 6.03 Å². The number of nitrogens with zero attached hydrogens (tertiary/aromatic N) is 3. The summed E-state index contributed by atoms with van der Waals surface area (Å²) in [4.78, 5) is 56.9. The first-order valence-electron chi connectivity index (χ1n) is 17.6. The van der Waals surface area contributed by atoms with Gasteiger partial charge in [0.1, 0.15) is 17.3 Å². The van der Waals surface area contributed by atoms with Gasteiger partial charge in [0, 0.05) is 30.8 Å². The second-order valence-corrected chi connectivity index (χ2v) is 14.6. The fraction of sp³-hybridized carbons (Fsp3) is 0.514. The first kappa shape index (κ1) is 32.8. The molecule has 49 heavy (non-hydrogen) atoms. The van der Waals surface area contributed by atoms with E-state index in [4.69, 9.17) is 4.63 Å². The highest BCUT2D eigenvalue weighted by atomic mass is 16.6. The maximum absolute atomic E-state index is 14.4. The van der Waals surface area contributed by atoms with Gasteiger partial charge in [0.05, 0.1) is 6.04 Å². The molecule has 1 unspecified atom stereocenters. The summed E-state index contributed by atoms with van der Waals surface area (Å²) in [5.74, 6) is 0.00626. The van der Waals surface area contributed by atoms with Gasteiger partial charge in [-0.3, -0.25) is 14.4 Å². The van der Waals surface area contributed by atoms with Crippen LogP contribution in [-0.2, 0) is 28.9 Å². The molecule has 2 heterocycles. The number of fused-ring (bicyclic) bond motifs is 1. The Morgan fingerprint density at radius 1 is 1.00 bits per heavy atom. The molecule has 7 rings (SSSR count). The van der Waals surface area contributed by atoms with E-state index in [9.17, 15) is 19.2 Å². The average Bonchev–Trinajstić information content (AvgIpc) is 3.98. The summed E-state index contributed by atoms with van der Waals surface area (Å²) >= 11 is 0. The summed E-state index contributed by atoms with van der Waals surface area (Å²) < 4.78 is 4.75. The van der Waals surface area contributed by atoms with Crippen LogP contribution in [0.1, 0.15) is 79.3 Å². The molecule has 1 saturated heterocycles. The Morgan fingerprint density at radius 3 is 2.35 bits per heavy atom. The van der Waals surface area contributed by atoms with Crippen LogP contribution in [0, 0.1) is 30.6 Å². The number of nitrogens with one attached hydrogen (secondary N) is 4. The first-order valence-corrected chi connectivity index (χ1v) is 17.6.